The van der Waals surface area contributed by atoms with Gasteiger partial charge in [-0.1, -0.05) is 36.3 Å². The average Bonchev–Trinajstić information content (AvgIpc) is 2.96. The van der Waals surface area contributed by atoms with Gasteiger partial charge in [0.05, 0.1) is 17.9 Å². The fourth-order valence-corrected chi connectivity index (χ4v) is 4.65. The van der Waals surface area contributed by atoms with Gasteiger partial charge in [0.1, 0.15) is 18.5 Å². The second-order valence-electron chi connectivity index (χ2n) is 11.6. The van der Waals surface area contributed by atoms with E-state index in [1.54, 1.807) is 19.1 Å². The first kappa shape index (κ1) is 33.6. The van der Waals surface area contributed by atoms with Gasteiger partial charge < -0.3 is 24.7 Å². The summed E-state index contributed by atoms with van der Waals surface area (Å²) < 4.78 is 11.7. The van der Waals surface area contributed by atoms with Crippen LogP contribution in [0.15, 0.2) is 59.8 Å². The van der Waals surface area contributed by atoms with E-state index >= 15 is 0 Å². The summed E-state index contributed by atoms with van der Waals surface area (Å²) in [5, 5.41) is 17.0. The van der Waals surface area contributed by atoms with Crippen molar-refractivity contribution in [3.63, 3.8) is 0 Å². The van der Waals surface area contributed by atoms with Gasteiger partial charge in [0.2, 0.25) is 0 Å². The molecular formula is C35H44N2O6. The van der Waals surface area contributed by atoms with Crippen LogP contribution in [-0.2, 0) is 20.9 Å². The number of nitrogens with zero attached hydrogens (tertiary/aromatic N) is 1. The van der Waals surface area contributed by atoms with Gasteiger partial charge in [0.15, 0.2) is 5.78 Å². The molecule has 0 radical (unpaired) electrons. The summed E-state index contributed by atoms with van der Waals surface area (Å²) in [7, 11) is 0. The number of hydrogen-bond acceptors (Lipinski definition) is 8. The molecule has 1 atom stereocenters. The van der Waals surface area contributed by atoms with Gasteiger partial charge in [0, 0.05) is 24.6 Å². The van der Waals surface area contributed by atoms with Gasteiger partial charge in [-0.25, -0.2) is 4.79 Å². The minimum absolute atomic E-state index is 0.0917. The molecule has 0 aromatic heterocycles. The van der Waals surface area contributed by atoms with E-state index < -0.39 is 17.7 Å². The number of ether oxygens (including phenoxy) is 2. The van der Waals surface area contributed by atoms with Crippen LogP contribution >= 0.6 is 0 Å². The highest BCUT2D eigenvalue weighted by Gasteiger charge is 2.20. The standard InChI is InChI=1S/C35H44N2O6/c1-9-36-19-28-13-12-27(18-33(28)32-17-26(11-10-22(32)2)24(4)37-43-25(5)39)34(40)31-15-14-29(16-23(31)3)41-21-30(20-38)42-35(6,7)8/h10-18,30,36,38H,9,19-21H2,1-8H3/b37-24+. The Hall–Kier alpha value is -3.85. The summed E-state index contributed by atoms with van der Waals surface area (Å²) in [4.78, 5) is 29.9. The molecule has 0 aliphatic rings. The predicted octanol–water partition coefficient (Wildman–Crippen LogP) is 6.15. The number of nitrogens with one attached hydrogen (secondary N) is 1. The van der Waals surface area contributed by atoms with Crippen molar-refractivity contribution in [3.8, 4) is 16.9 Å². The van der Waals surface area contributed by atoms with Gasteiger partial charge in [-0.3, -0.25) is 4.79 Å². The lowest BCUT2D eigenvalue weighted by atomic mass is 9.90. The molecule has 0 saturated carbocycles. The zero-order chi connectivity index (χ0) is 31.7. The fraction of sp³-hybridized carbons (Fsp3) is 0.400. The maximum atomic E-state index is 13.8. The van der Waals surface area contributed by atoms with Crippen LogP contribution in [0.4, 0.5) is 0 Å². The molecule has 0 fully saturated rings. The smallest absolute Gasteiger partial charge is 0.331 e. The SMILES string of the molecule is CCNCc1ccc(C(=O)c2ccc(OCC(CO)OC(C)(C)C)cc2C)cc1-c1cc(/C(C)=N/OC(C)=O)ccc1C. The van der Waals surface area contributed by atoms with Crippen LogP contribution in [-0.4, -0.2) is 54.0 Å². The molecule has 3 rings (SSSR count). The Morgan fingerprint density at radius 1 is 0.930 bits per heavy atom. The van der Waals surface area contributed by atoms with Crippen LogP contribution in [0.5, 0.6) is 5.75 Å². The molecule has 43 heavy (non-hydrogen) atoms. The number of aliphatic hydroxyl groups excluding tert-OH is 1. The molecule has 0 spiro atoms. The van der Waals surface area contributed by atoms with Crippen molar-refractivity contribution < 1.29 is 29.0 Å². The van der Waals surface area contributed by atoms with E-state index in [1.165, 1.54) is 6.92 Å². The third kappa shape index (κ3) is 9.58. The van der Waals surface area contributed by atoms with E-state index in [0.29, 0.717) is 29.1 Å². The average molecular weight is 589 g/mol. The van der Waals surface area contributed by atoms with Crippen molar-refractivity contribution in [2.24, 2.45) is 5.16 Å². The number of rotatable bonds is 13. The zero-order valence-electron chi connectivity index (χ0n) is 26.5. The lowest BCUT2D eigenvalue weighted by Gasteiger charge is -2.26. The Morgan fingerprint density at radius 2 is 1.63 bits per heavy atom. The number of carbonyl (C=O) groups is 2. The van der Waals surface area contributed by atoms with Crippen molar-refractivity contribution in [1.82, 2.24) is 5.32 Å². The number of carbonyl (C=O) groups excluding carboxylic acids is 2. The number of benzene rings is 3. The van der Waals surface area contributed by atoms with Gasteiger partial charge in [-0.2, -0.15) is 0 Å². The number of aryl methyl sites for hydroxylation is 2. The van der Waals surface area contributed by atoms with Crippen molar-refractivity contribution >= 4 is 17.5 Å². The first-order chi connectivity index (χ1) is 20.3. The monoisotopic (exact) mass is 588 g/mol. The van der Waals surface area contributed by atoms with E-state index in [-0.39, 0.29) is 19.0 Å². The van der Waals surface area contributed by atoms with Crippen LogP contribution in [0.1, 0.15) is 79.7 Å². The maximum absolute atomic E-state index is 13.8. The van der Waals surface area contributed by atoms with E-state index in [0.717, 1.165) is 39.9 Å². The number of aliphatic hydroxyl groups is 1. The molecule has 1 unspecified atom stereocenters. The minimum atomic E-state index is -0.482. The molecule has 0 bridgehead atoms. The Bertz CT molecular complexity index is 1470. The normalized spacial score (nSPS) is 12.6. The molecule has 0 saturated heterocycles. The first-order valence-corrected chi connectivity index (χ1v) is 14.6. The molecule has 8 nitrogen and oxygen atoms in total. The maximum Gasteiger partial charge on any atom is 0.331 e. The van der Waals surface area contributed by atoms with Crippen LogP contribution in [0, 0.1) is 13.8 Å². The molecule has 0 aliphatic carbocycles. The number of ketones is 1. The van der Waals surface area contributed by atoms with Gasteiger partial charge in [-0.05, 0) is 112 Å². The number of oxime groups is 1. The molecule has 230 valence electrons. The third-order valence-electron chi connectivity index (χ3n) is 6.80. The summed E-state index contributed by atoms with van der Waals surface area (Å²) in [5.74, 6) is 0.0283. The Balaban J connectivity index is 1.94. The zero-order valence-corrected chi connectivity index (χ0v) is 26.5. The quantitative estimate of drug-likeness (QED) is 0.107. The molecule has 8 heteroatoms. The highest BCUT2D eigenvalue weighted by atomic mass is 16.7. The Kier molecular flexibility index (Phi) is 11.8. The van der Waals surface area contributed by atoms with Crippen LogP contribution in [0.25, 0.3) is 11.1 Å². The highest BCUT2D eigenvalue weighted by molar-refractivity contribution is 6.10. The second-order valence-corrected chi connectivity index (χ2v) is 11.6. The molecular weight excluding hydrogens is 544 g/mol. The summed E-state index contributed by atoms with van der Waals surface area (Å²) in [5.41, 5.74) is 6.94. The van der Waals surface area contributed by atoms with Crippen molar-refractivity contribution in [3.05, 3.63) is 88.0 Å². The van der Waals surface area contributed by atoms with E-state index in [9.17, 15) is 14.7 Å². The lowest BCUT2D eigenvalue weighted by molar-refractivity contribution is -0.140. The summed E-state index contributed by atoms with van der Waals surface area (Å²) in [6.07, 6.45) is -0.459. The van der Waals surface area contributed by atoms with Crippen molar-refractivity contribution in [1.29, 1.82) is 0 Å². The molecule has 0 heterocycles. The number of hydrogen-bond donors (Lipinski definition) is 2. The van der Waals surface area contributed by atoms with E-state index in [2.05, 4.69) is 17.4 Å². The second kappa shape index (κ2) is 15.0. The van der Waals surface area contributed by atoms with Crippen LogP contribution in [0.3, 0.4) is 0 Å². The Labute approximate surface area is 255 Å². The lowest BCUT2D eigenvalue weighted by Crippen LogP contribution is -2.34. The van der Waals surface area contributed by atoms with Crippen LogP contribution < -0.4 is 10.1 Å². The summed E-state index contributed by atoms with van der Waals surface area (Å²) in [6.45, 7) is 16.3. The first-order valence-electron chi connectivity index (χ1n) is 14.6. The largest absolute Gasteiger partial charge is 0.491 e. The van der Waals surface area contributed by atoms with Gasteiger partial charge >= 0.3 is 5.97 Å². The van der Waals surface area contributed by atoms with Crippen LogP contribution in [0.2, 0.25) is 0 Å². The summed E-state index contributed by atoms with van der Waals surface area (Å²) in [6, 6.07) is 17.1. The van der Waals surface area contributed by atoms with E-state index in [1.807, 2.05) is 77.1 Å². The molecule has 2 N–H and O–H groups in total. The van der Waals surface area contributed by atoms with Gasteiger partial charge in [-0.15, -0.1) is 0 Å². The third-order valence-corrected chi connectivity index (χ3v) is 6.80. The van der Waals surface area contributed by atoms with E-state index in [4.69, 9.17) is 14.3 Å². The van der Waals surface area contributed by atoms with Crippen molar-refractivity contribution in [2.45, 2.75) is 73.6 Å². The molecule has 0 amide bonds. The minimum Gasteiger partial charge on any atom is -0.491 e. The molecule has 0 aliphatic heterocycles. The fourth-order valence-electron chi connectivity index (χ4n) is 4.65. The molecule has 3 aromatic rings. The van der Waals surface area contributed by atoms with Crippen molar-refractivity contribution in [2.75, 3.05) is 19.8 Å². The predicted molar refractivity (Wildman–Crippen MR) is 170 cm³/mol. The molecule has 3 aromatic carbocycles. The van der Waals surface area contributed by atoms with Gasteiger partial charge in [0.25, 0.3) is 0 Å². The topological polar surface area (TPSA) is 106 Å². The summed E-state index contributed by atoms with van der Waals surface area (Å²) >= 11 is 0. The Morgan fingerprint density at radius 3 is 2.26 bits per heavy atom. The highest BCUT2D eigenvalue weighted by Crippen LogP contribution is 2.31.